The van der Waals surface area contributed by atoms with Crippen molar-refractivity contribution in [2.45, 2.75) is 51.2 Å². The van der Waals surface area contributed by atoms with Crippen LogP contribution in [-0.2, 0) is 4.79 Å². The van der Waals surface area contributed by atoms with Crippen molar-refractivity contribution in [3.8, 4) is 0 Å². The van der Waals surface area contributed by atoms with Gasteiger partial charge in [0.05, 0.1) is 6.04 Å². The van der Waals surface area contributed by atoms with Gasteiger partial charge in [-0.1, -0.05) is 6.42 Å². The number of amides is 3. The topological polar surface area (TPSA) is 87.5 Å². The molecule has 0 spiro atoms. The molecule has 1 heterocycles. The van der Waals surface area contributed by atoms with Crippen LogP contribution in [0.3, 0.4) is 0 Å². The summed E-state index contributed by atoms with van der Waals surface area (Å²) < 4.78 is 0. The van der Waals surface area contributed by atoms with Crippen molar-refractivity contribution in [3.05, 3.63) is 0 Å². The molecule has 104 valence electrons. The molecule has 0 radical (unpaired) electrons. The van der Waals surface area contributed by atoms with Crippen LogP contribution in [0.15, 0.2) is 0 Å². The second-order valence-electron chi connectivity index (χ2n) is 4.90. The van der Waals surface area contributed by atoms with Gasteiger partial charge in [0.15, 0.2) is 0 Å². The molecule has 0 aromatic heterocycles. The predicted octanol–water partition coefficient (Wildman–Crippen LogP) is 0.0322. The minimum atomic E-state index is -0.471. The van der Waals surface area contributed by atoms with Gasteiger partial charge in [0, 0.05) is 19.1 Å². The van der Waals surface area contributed by atoms with Gasteiger partial charge in [-0.25, -0.2) is 4.79 Å². The van der Waals surface area contributed by atoms with Crippen molar-refractivity contribution in [3.63, 3.8) is 0 Å². The molecular weight excluding hydrogens is 232 g/mol. The number of carbonyl (C=O) groups excluding carboxylic acids is 2. The summed E-state index contributed by atoms with van der Waals surface area (Å²) in [5.41, 5.74) is 5.97. The number of rotatable bonds is 3. The number of hydrogen-bond donors (Lipinski definition) is 3. The van der Waals surface area contributed by atoms with Crippen molar-refractivity contribution in [2.24, 2.45) is 5.73 Å². The molecule has 1 aliphatic rings. The Morgan fingerprint density at radius 3 is 2.56 bits per heavy atom. The third-order valence-electron chi connectivity index (χ3n) is 3.54. The number of nitrogens with one attached hydrogen (secondary N) is 2. The predicted molar refractivity (Wildman–Crippen MR) is 70.1 cm³/mol. The van der Waals surface area contributed by atoms with Gasteiger partial charge in [-0.3, -0.25) is 15.0 Å². The van der Waals surface area contributed by atoms with E-state index in [1.54, 1.807) is 0 Å². The Labute approximate surface area is 108 Å². The molecule has 0 aromatic carbocycles. The summed E-state index contributed by atoms with van der Waals surface area (Å²) in [5.74, 6) is -0.276. The van der Waals surface area contributed by atoms with E-state index in [-0.39, 0.29) is 24.0 Å². The van der Waals surface area contributed by atoms with E-state index in [0.29, 0.717) is 0 Å². The number of carbonyl (C=O) groups is 2. The number of likely N-dealkylation sites (tertiary alicyclic amines) is 1. The molecule has 4 N–H and O–H groups in total. The summed E-state index contributed by atoms with van der Waals surface area (Å²) in [5, 5.41) is 4.69. The Bertz CT molecular complexity index is 306. The highest BCUT2D eigenvalue weighted by Crippen LogP contribution is 2.21. The normalized spacial score (nSPS) is 24.1. The number of piperidine rings is 1. The Morgan fingerprint density at radius 2 is 2.00 bits per heavy atom. The summed E-state index contributed by atoms with van der Waals surface area (Å²) in [6, 6.07) is -0.565. The van der Waals surface area contributed by atoms with E-state index in [2.05, 4.69) is 15.5 Å². The first-order valence-corrected chi connectivity index (χ1v) is 6.51. The van der Waals surface area contributed by atoms with Crippen molar-refractivity contribution >= 4 is 11.9 Å². The maximum atomic E-state index is 11.9. The first-order valence-electron chi connectivity index (χ1n) is 6.51. The van der Waals surface area contributed by atoms with Gasteiger partial charge in [-0.2, -0.15) is 0 Å². The van der Waals surface area contributed by atoms with E-state index >= 15 is 0 Å². The highest BCUT2D eigenvalue weighted by atomic mass is 16.2. The number of hydrogen-bond acceptors (Lipinski definition) is 4. The maximum absolute atomic E-state index is 11.9. The van der Waals surface area contributed by atoms with Crippen LogP contribution in [0.1, 0.15) is 33.1 Å². The highest BCUT2D eigenvalue weighted by Gasteiger charge is 2.32. The van der Waals surface area contributed by atoms with Gasteiger partial charge >= 0.3 is 6.03 Å². The second kappa shape index (κ2) is 6.70. The van der Waals surface area contributed by atoms with Crippen LogP contribution in [-0.4, -0.2) is 48.6 Å². The highest BCUT2D eigenvalue weighted by molar-refractivity contribution is 5.96. The summed E-state index contributed by atoms with van der Waals surface area (Å²) >= 11 is 0. The Balaban J connectivity index is 2.65. The zero-order valence-corrected chi connectivity index (χ0v) is 11.4. The number of nitrogens with zero attached hydrogens (tertiary/aromatic N) is 1. The van der Waals surface area contributed by atoms with E-state index in [0.717, 1.165) is 25.8 Å². The van der Waals surface area contributed by atoms with Crippen LogP contribution in [0.2, 0.25) is 0 Å². The van der Waals surface area contributed by atoms with Crippen LogP contribution >= 0.6 is 0 Å². The minimum absolute atomic E-state index is 0.0283. The fourth-order valence-electron chi connectivity index (χ4n) is 2.45. The molecular formula is C12H24N4O2. The molecule has 0 aromatic rings. The van der Waals surface area contributed by atoms with Gasteiger partial charge in [0.2, 0.25) is 5.91 Å². The average molecular weight is 256 g/mol. The van der Waals surface area contributed by atoms with E-state index in [1.807, 2.05) is 13.8 Å². The molecule has 3 atom stereocenters. The van der Waals surface area contributed by atoms with E-state index < -0.39 is 6.03 Å². The first-order chi connectivity index (χ1) is 8.47. The van der Waals surface area contributed by atoms with E-state index in [1.165, 1.54) is 7.05 Å². The largest absolute Gasteiger partial charge is 0.341 e. The van der Waals surface area contributed by atoms with Crippen molar-refractivity contribution < 1.29 is 9.59 Å². The summed E-state index contributed by atoms with van der Waals surface area (Å²) in [4.78, 5) is 25.2. The molecule has 6 nitrogen and oxygen atoms in total. The zero-order valence-electron chi connectivity index (χ0n) is 11.4. The summed E-state index contributed by atoms with van der Waals surface area (Å²) in [6.07, 6.45) is 3.22. The fraction of sp³-hybridized carbons (Fsp3) is 0.833. The van der Waals surface area contributed by atoms with Crippen molar-refractivity contribution in [1.29, 1.82) is 0 Å². The molecule has 1 aliphatic heterocycles. The summed E-state index contributed by atoms with van der Waals surface area (Å²) in [7, 11) is 1.49. The van der Waals surface area contributed by atoms with Crippen LogP contribution in [0, 0.1) is 0 Å². The minimum Gasteiger partial charge on any atom is -0.341 e. The summed E-state index contributed by atoms with van der Waals surface area (Å²) in [6.45, 7) is 4.64. The Kier molecular flexibility index (Phi) is 5.55. The van der Waals surface area contributed by atoms with Gasteiger partial charge in [0.25, 0.3) is 0 Å². The monoisotopic (exact) mass is 256 g/mol. The molecule has 0 aliphatic carbocycles. The average Bonchev–Trinajstić information content (AvgIpc) is 2.37. The van der Waals surface area contributed by atoms with Gasteiger partial charge in [-0.15, -0.1) is 0 Å². The number of urea groups is 1. The number of imide groups is 1. The standard InChI is InChI=1S/C12H24N4O2/c1-8(13)10-6-4-5-7-16(10)9(2)11(17)15-12(18)14-3/h8-10H,4-7,13H2,1-3H3,(H2,14,15,17,18). The third kappa shape index (κ3) is 3.68. The van der Waals surface area contributed by atoms with Crippen LogP contribution in [0.4, 0.5) is 4.79 Å². The molecule has 1 saturated heterocycles. The number of nitrogens with two attached hydrogens (primary N) is 1. The molecule has 6 heteroatoms. The molecule has 1 rings (SSSR count). The quantitative estimate of drug-likeness (QED) is 0.665. The molecule has 3 amide bonds. The van der Waals surface area contributed by atoms with Crippen LogP contribution < -0.4 is 16.4 Å². The molecule has 3 unspecified atom stereocenters. The first kappa shape index (κ1) is 14.9. The van der Waals surface area contributed by atoms with E-state index in [9.17, 15) is 9.59 Å². The Hall–Kier alpha value is -1.14. The van der Waals surface area contributed by atoms with Gasteiger partial charge < -0.3 is 11.1 Å². The third-order valence-corrected chi connectivity index (χ3v) is 3.54. The lowest BCUT2D eigenvalue weighted by molar-refractivity contribution is -0.126. The van der Waals surface area contributed by atoms with Gasteiger partial charge in [-0.05, 0) is 33.2 Å². The molecule has 0 saturated carbocycles. The lowest BCUT2D eigenvalue weighted by Gasteiger charge is -2.41. The molecule has 1 fully saturated rings. The van der Waals surface area contributed by atoms with Crippen molar-refractivity contribution in [1.82, 2.24) is 15.5 Å². The van der Waals surface area contributed by atoms with E-state index in [4.69, 9.17) is 5.73 Å². The smallest absolute Gasteiger partial charge is 0.321 e. The Morgan fingerprint density at radius 1 is 1.33 bits per heavy atom. The maximum Gasteiger partial charge on any atom is 0.321 e. The van der Waals surface area contributed by atoms with Crippen molar-refractivity contribution in [2.75, 3.05) is 13.6 Å². The van der Waals surface area contributed by atoms with Crippen LogP contribution in [0.25, 0.3) is 0 Å². The lowest BCUT2D eigenvalue weighted by Crippen LogP contribution is -2.57. The zero-order chi connectivity index (χ0) is 13.7. The van der Waals surface area contributed by atoms with Crippen LogP contribution in [0.5, 0.6) is 0 Å². The molecule has 18 heavy (non-hydrogen) atoms. The molecule has 0 bridgehead atoms. The fourth-order valence-corrected chi connectivity index (χ4v) is 2.45. The lowest BCUT2D eigenvalue weighted by atomic mass is 9.95. The van der Waals surface area contributed by atoms with Gasteiger partial charge in [0.1, 0.15) is 0 Å². The SMILES string of the molecule is CNC(=O)NC(=O)C(C)N1CCCCC1C(C)N. The second-order valence-corrected chi connectivity index (χ2v) is 4.90.